The molecule has 4 N–H and O–H groups in total. The van der Waals surface area contributed by atoms with Crippen LogP contribution in [0.3, 0.4) is 0 Å². The van der Waals surface area contributed by atoms with Crippen molar-refractivity contribution < 1.29 is 23.1 Å². The van der Waals surface area contributed by atoms with Crippen molar-refractivity contribution in [3.05, 3.63) is 103 Å². The van der Waals surface area contributed by atoms with Crippen LogP contribution in [0.2, 0.25) is 0 Å². The topological polar surface area (TPSA) is 132 Å². The van der Waals surface area contributed by atoms with Gasteiger partial charge in [0.2, 0.25) is 11.8 Å². The number of benzene rings is 1. The van der Waals surface area contributed by atoms with Crippen LogP contribution in [0.15, 0.2) is 91.3 Å². The van der Waals surface area contributed by atoms with Crippen LogP contribution in [0.5, 0.6) is 11.5 Å². The molecule has 282 valence electrons. The van der Waals surface area contributed by atoms with E-state index in [2.05, 4.69) is 51.2 Å². The molecule has 53 heavy (non-hydrogen) atoms. The summed E-state index contributed by atoms with van der Waals surface area (Å²) < 4.78 is 34.6. The Morgan fingerprint density at radius 2 is 1.87 bits per heavy atom. The van der Waals surface area contributed by atoms with E-state index >= 15 is 4.39 Å². The highest BCUT2D eigenvalue weighted by atomic mass is 19.1. The van der Waals surface area contributed by atoms with Crippen LogP contribution in [0, 0.1) is 16.6 Å². The lowest BCUT2D eigenvalue weighted by Crippen LogP contribution is -2.48. The molecule has 1 aromatic carbocycles. The van der Waals surface area contributed by atoms with Gasteiger partial charge in [-0.05, 0) is 114 Å². The molecule has 3 aromatic rings. The molecule has 0 bridgehead atoms. The van der Waals surface area contributed by atoms with Gasteiger partial charge in [0.15, 0.2) is 11.6 Å². The average Bonchev–Trinajstić information content (AvgIpc) is 3.38. The van der Waals surface area contributed by atoms with E-state index < -0.39 is 28.9 Å². The van der Waals surface area contributed by atoms with Crippen molar-refractivity contribution in [2.24, 2.45) is 5.41 Å². The van der Waals surface area contributed by atoms with Crippen molar-refractivity contribution in [3.8, 4) is 11.5 Å². The number of nitrogens with zero attached hydrogens (tertiary/aromatic N) is 3. The lowest BCUT2D eigenvalue weighted by Gasteiger charge is -2.29. The fourth-order valence-corrected chi connectivity index (χ4v) is 6.23. The molecule has 0 saturated carbocycles. The fourth-order valence-electron chi connectivity index (χ4n) is 6.23. The van der Waals surface area contributed by atoms with Crippen molar-refractivity contribution in [2.45, 2.75) is 85.2 Å². The third-order valence-corrected chi connectivity index (χ3v) is 9.58. The van der Waals surface area contributed by atoms with Gasteiger partial charge < -0.3 is 31.0 Å². The number of amides is 2. The minimum atomic E-state index is -1.49. The number of hydrogen-bond donors (Lipinski definition) is 4. The molecule has 4 rings (SSSR count). The predicted octanol–water partition coefficient (Wildman–Crippen LogP) is 8.29. The second-order valence-electron chi connectivity index (χ2n) is 13.5. The normalized spacial score (nSPS) is 16.0. The number of likely N-dealkylation sites (tertiary alicyclic amines) is 1. The van der Waals surface area contributed by atoms with Gasteiger partial charge in [0.05, 0.1) is 16.7 Å². The Bertz CT molecular complexity index is 1880. The number of carbonyl (C=O) groups excluding carboxylic acids is 2. The summed E-state index contributed by atoms with van der Waals surface area (Å²) in [6.45, 7) is 15.0. The van der Waals surface area contributed by atoms with Crippen LogP contribution < -0.4 is 20.7 Å². The third-order valence-electron chi connectivity index (χ3n) is 9.58. The summed E-state index contributed by atoms with van der Waals surface area (Å²) >= 11 is 0. The summed E-state index contributed by atoms with van der Waals surface area (Å²) in [4.78, 5) is 38.3. The van der Waals surface area contributed by atoms with E-state index in [1.54, 1.807) is 44.4 Å². The van der Waals surface area contributed by atoms with Gasteiger partial charge in [-0.2, -0.15) is 0 Å². The van der Waals surface area contributed by atoms with Crippen LogP contribution in [0.25, 0.3) is 10.9 Å². The molecule has 0 radical (unpaired) electrons. The van der Waals surface area contributed by atoms with E-state index in [9.17, 15) is 14.0 Å². The number of anilines is 1. The maximum atomic E-state index is 15.4. The number of hydrogen-bond acceptors (Lipinski definition) is 8. The molecule has 2 amide bonds. The Morgan fingerprint density at radius 1 is 1.09 bits per heavy atom. The number of nitrogens with one attached hydrogen (secondary N) is 4. The molecule has 0 spiro atoms. The summed E-state index contributed by atoms with van der Waals surface area (Å²) in [6.07, 6.45) is 14.6. The number of rotatable bonds is 16. The van der Waals surface area contributed by atoms with E-state index in [1.165, 1.54) is 37.3 Å². The van der Waals surface area contributed by atoms with Gasteiger partial charge in [0, 0.05) is 66.3 Å². The first-order valence-electron chi connectivity index (χ1n) is 18.1. The van der Waals surface area contributed by atoms with Crippen molar-refractivity contribution in [1.82, 2.24) is 25.5 Å². The van der Waals surface area contributed by atoms with E-state index in [0.717, 1.165) is 38.4 Å². The van der Waals surface area contributed by atoms with Crippen molar-refractivity contribution in [2.75, 3.05) is 18.4 Å². The van der Waals surface area contributed by atoms with Gasteiger partial charge in [-0.3, -0.25) is 19.6 Å². The van der Waals surface area contributed by atoms with Gasteiger partial charge in [0.1, 0.15) is 11.2 Å². The summed E-state index contributed by atoms with van der Waals surface area (Å²) in [5.74, 6) is -2.16. The second kappa shape index (κ2) is 19.0. The number of carbonyl (C=O) groups is 2. The fraction of sp³-hybridized carbons (Fsp3) is 0.390. The Hall–Kier alpha value is -5.23. The maximum Gasteiger partial charge on any atom is 0.240 e. The highest BCUT2D eigenvalue weighted by molar-refractivity contribution is 6.11. The quantitative estimate of drug-likeness (QED) is 0.0663. The molecule has 10 nitrogen and oxygen atoms in total. The molecule has 0 aliphatic carbocycles. The minimum absolute atomic E-state index is 0.0865. The first-order valence-corrected chi connectivity index (χ1v) is 18.1. The monoisotopic (exact) mass is 727 g/mol. The van der Waals surface area contributed by atoms with Crippen LogP contribution in [-0.4, -0.2) is 57.6 Å². The first-order chi connectivity index (χ1) is 25.4. The summed E-state index contributed by atoms with van der Waals surface area (Å²) in [5.41, 5.74) is 0.534. The van der Waals surface area contributed by atoms with Crippen LogP contribution >= 0.6 is 0 Å². The molecule has 1 saturated heterocycles. The van der Waals surface area contributed by atoms with E-state index in [1.807, 2.05) is 6.20 Å². The zero-order chi connectivity index (χ0) is 38.5. The number of allylic oxidation sites excluding steroid dienone is 5. The summed E-state index contributed by atoms with van der Waals surface area (Å²) in [6, 6.07) is 8.33. The molecular weight excluding hydrogens is 676 g/mol. The van der Waals surface area contributed by atoms with Crippen molar-refractivity contribution in [1.29, 1.82) is 5.41 Å². The minimum Gasteiger partial charge on any atom is -0.453 e. The number of fused-ring (bicyclic) bond motifs is 1. The van der Waals surface area contributed by atoms with E-state index in [4.69, 9.17) is 10.1 Å². The second-order valence-corrected chi connectivity index (χ2v) is 13.5. The Labute approximate surface area is 311 Å². The lowest BCUT2D eigenvalue weighted by atomic mass is 9.80. The van der Waals surface area contributed by atoms with Crippen LogP contribution in [0.1, 0.15) is 72.4 Å². The highest BCUT2D eigenvalue weighted by Gasteiger charge is 2.43. The number of pyridine rings is 2. The zero-order valence-corrected chi connectivity index (χ0v) is 31.3. The maximum absolute atomic E-state index is 15.4. The highest BCUT2D eigenvalue weighted by Crippen LogP contribution is 2.33. The van der Waals surface area contributed by atoms with E-state index in [-0.39, 0.29) is 30.0 Å². The molecule has 1 aliphatic heterocycles. The molecular formula is C41H51F2N7O3. The molecule has 12 heteroatoms. The number of halogens is 2. The smallest absolute Gasteiger partial charge is 0.240 e. The van der Waals surface area contributed by atoms with Gasteiger partial charge >= 0.3 is 0 Å². The van der Waals surface area contributed by atoms with Crippen LogP contribution in [-0.2, 0) is 16.0 Å². The van der Waals surface area contributed by atoms with Crippen molar-refractivity contribution >= 4 is 34.1 Å². The summed E-state index contributed by atoms with van der Waals surface area (Å²) in [7, 11) is 0. The first kappa shape index (κ1) is 40.5. The summed E-state index contributed by atoms with van der Waals surface area (Å²) in [5, 5.41) is 17.8. The molecule has 2 aromatic heterocycles. The molecule has 1 unspecified atom stereocenters. The predicted molar refractivity (Wildman–Crippen MR) is 207 cm³/mol. The van der Waals surface area contributed by atoms with E-state index in [0.29, 0.717) is 46.6 Å². The third kappa shape index (κ3) is 10.9. The van der Waals surface area contributed by atoms with Gasteiger partial charge in [-0.15, -0.1) is 0 Å². The van der Waals surface area contributed by atoms with Gasteiger partial charge in [-0.25, -0.2) is 8.78 Å². The molecule has 1 fully saturated rings. The largest absolute Gasteiger partial charge is 0.453 e. The molecule has 3 heterocycles. The van der Waals surface area contributed by atoms with Gasteiger partial charge in [0.25, 0.3) is 0 Å². The lowest BCUT2D eigenvalue weighted by molar-refractivity contribution is -0.140. The SMILES string of the molecule is C=C/C(=C\C=C(/C)F)NC(=O)C(CC)(CC)C(=O)Nc1ccc(Oc2ccnc3cc(CC(=N)/C=C\NC4CCCN(C(C)C)CC4)ncc23)c(F)c1. The number of aromatic nitrogens is 2. The standard InChI is InChI=1S/C41H51F2N7O3/c1-7-30(13-12-28(6)42)48-39(51)41(8-2,9-3)40(52)49-32-14-15-38(35(43)24-32)53-37-17-20-46-36-25-33(47-26-34(36)37)23-29(44)16-19-45-31-11-10-21-50(22-18-31)27(4)5/h7,12-17,19-20,24-27,31,44-45H,1,8-11,18,21-23H2,2-6H3,(H,48,51)(H,49,52)/b19-16-,28-12+,30-13+,44-29?. The molecule has 1 aliphatic rings. The van der Waals surface area contributed by atoms with Crippen LogP contribution in [0.4, 0.5) is 14.5 Å². The van der Waals surface area contributed by atoms with Gasteiger partial charge in [-0.1, -0.05) is 20.4 Å². The number of ether oxygens (including phenoxy) is 1. The Morgan fingerprint density at radius 3 is 2.55 bits per heavy atom. The molecule has 1 atom stereocenters. The zero-order valence-electron chi connectivity index (χ0n) is 31.3. The van der Waals surface area contributed by atoms with Crippen molar-refractivity contribution in [3.63, 3.8) is 0 Å². The Balaban J connectivity index is 1.40. The Kier molecular flexibility index (Phi) is 14.5. The average molecular weight is 728 g/mol.